The van der Waals surface area contributed by atoms with Crippen molar-refractivity contribution < 1.29 is 4.79 Å². The van der Waals surface area contributed by atoms with Crippen LogP contribution in [0.3, 0.4) is 0 Å². The molecule has 0 aliphatic heterocycles. The molecular formula is C20H17IN4OS. The molecule has 3 heterocycles. The van der Waals surface area contributed by atoms with Crippen LogP contribution in [0.4, 0.5) is 5.69 Å². The molecule has 0 saturated heterocycles. The van der Waals surface area contributed by atoms with Gasteiger partial charge in [-0.1, -0.05) is 18.2 Å². The summed E-state index contributed by atoms with van der Waals surface area (Å²) in [5.41, 5.74) is 2.88. The molecule has 27 heavy (non-hydrogen) atoms. The van der Waals surface area contributed by atoms with Crippen LogP contribution in [0.1, 0.15) is 30.2 Å². The summed E-state index contributed by atoms with van der Waals surface area (Å²) < 4.78 is 2.85. The van der Waals surface area contributed by atoms with Gasteiger partial charge in [0.15, 0.2) is 5.65 Å². The summed E-state index contributed by atoms with van der Waals surface area (Å²) in [4.78, 5) is 18.9. The van der Waals surface area contributed by atoms with Crippen LogP contribution in [0.2, 0.25) is 0 Å². The number of pyridine rings is 1. The molecule has 136 valence electrons. The Kier molecular flexibility index (Phi) is 4.96. The lowest BCUT2D eigenvalue weighted by molar-refractivity contribution is 0.102. The van der Waals surface area contributed by atoms with E-state index in [0.717, 1.165) is 30.9 Å². The summed E-state index contributed by atoms with van der Waals surface area (Å²) in [6.45, 7) is 4.11. The predicted octanol–water partition coefficient (Wildman–Crippen LogP) is 5.60. The third-order valence-electron chi connectivity index (χ3n) is 4.20. The summed E-state index contributed by atoms with van der Waals surface area (Å²) in [7, 11) is 0. The van der Waals surface area contributed by atoms with Crippen LogP contribution in [-0.2, 0) is 0 Å². The van der Waals surface area contributed by atoms with Gasteiger partial charge in [-0.25, -0.2) is 9.67 Å². The van der Waals surface area contributed by atoms with Crippen LogP contribution in [0.25, 0.3) is 21.6 Å². The number of benzene rings is 1. The Balaban J connectivity index is 1.86. The van der Waals surface area contributed by atoms with Crippen molar-refractivity contribution in [2.75, 3.05) is 5.32 Å². The van der Waals surface area contributed by atoms with Gasteiger partial charge in [-0.3, -0.25) is 4.79 Å². The van der Waals surface area contributed by atoms with Gasteiger partial charge in [0.05, 0.1) is 33.4 Å². The molecule has 0 atom stereocenters. The number of hydrogen-bond acceptors (Lipinski definition) is 4. The average molecular weight is 488 g/mol. The lowest BCUT2D eigenvalue weighted by Crippen LogP contribution is -2.14. The Morgan fingerprint density at radius 1 is 1.22 bits per heavy atom. The fourth-order valence-electron chi connectivity index (χ4n) is 2.89. The molecule has 1 aromatic carbocycles. The van der Waals surface area contributed by atoms with Crippen LogP contribution < -0.4 is 5.32 Å². The fraction of sp³-hybridized carbons (Fsp3) is 0.150. The number of rotatable bonds is 4. The zero-order chi connectivity index (χ0) is 19.0. The van der Waals surface area contributed by atoms with E-state index in [4.69, 9.17) is 4.98 Å². The van der Waals surface area contributed by atoms with Crippen molar-refractivity contribution >= 4 is 56.6 Å². The van der Waals surface area contributed by atoms with Crippen molar-refractivity contribution in [2.45, 2.75) is 19.9 Å². The third-order valence-corrected chi connectivity index (χ3v) is 6.03. The summed E-state index contributed by atoms with van der Waals surface area (Å²) in [6.07, 6.45) is 1.73. The lowest BCUT2D eigenvalue weighted by atomic mass is 10.1. The van der Waals surface area contributed by atoms with Crippen molar-refractivity contribution in [1.29, 1.82) is 0 Å². The maximum atomic E-state index is 13.1. The summed E-state index contributed by atoms with van der Waals surface area (Å²) >= 11 is 3.82. The number of amides is 1. The topological polar surface area (TPSA) is 59.8 Å². The molecule has 0 saturated carbocycles. The van der Waals surface area contributed by atoms with Gasteiger partial charge in [0.25, 0.3) is 5.91 Å². The lowest BCUT2D eigenvalue weighted by Gasteiger charge is -2.11. The largest absolute Gasteiger partial charge is 0.321 e. The first-order valence-electron chi connectivity index (χ1n) is 8.52. The van der Waals surface area contributed by atoms with Gasteiger partial charge < -0.3 is 5.32 Å². The number of aromatic nitrogens is 3. The molecule has 0 bridgehead atoms. The molecule has 0 aliphatic carbocycles. The standard InChI is InChI=1S/C20H17IN4OS/c1-12(2)25-19-14(11-22-25)13(10-17(23-19)18-8-5-9-27-18)20(26)24-16-7-4-3-6-15(16)21/h3-12H,1-2H3,(H,24,26). The highest BCUT2D eigenvalue weighted by Gasteiger charge is 2.19. The quantitative estimate of drug-likeness (QED) is 0.381. The van der Waals surface area contributed by atoms with E-state index < -0.39 is 0 Å². The molecular weight excluding hydrogens is 471 g/mol. The molecule has 4 rings (SSSR count). The van der Waals surface area contributed by atoms with E-state index in [1.807, 2.05) is 52.5 Å². The number of thiophene rings is 1. The Morgan fingerprint density at radius 3 is 2.74 bits per heavy atom. The third kappa shape index (κ3) is 3.49. The highest BCUT2D eigenvalue weighted by atomic mass is 127. The average Bonchev–Trinajstić information content (AvgIpc) is 3.32. The molecule has 7 heteroatoms. The molecule has 4 aromatic rings. The van der Waals surface area contributed by atoms with Gasteiger partial charge >= 0.3 is 0 Å². The molecule has 0 unspecified atom stereocenters. The number of halogens is 1. The van der Waals surface area contributed by atoms with E-state index in [1.165, 1.54) is 0 Å². The Labute approximate surface area is 174 Å². The number of hydrogen-bond donors (Lipinski definition) is 1. The van der Waals surface area contributed by atoms with Gasteiger partial charge in [0.2, 0.25) is 0 Å². The Hall–Kier alpha value is -2.26. The smallest absolute Gasteiger partial charge is 0.256 e. The van der Waals surface area contributed by atoms with Crippen LogP contribution in [0.15, 0.2) is 54.0 Å². The number of nitrogens with zero attached hydrogens (tertiary/aromatic N) is 3. The minimum Gasteiger partial charge on any atom is -0.321 e. The molecule has 0 aliphatic rings. The number of nitrogens with one attached hydrogen (secondary N) is 1. The molecule has 0 spiro atoms. The SMILES string of the molecule is CC(C)n1ncc2c(C(=O)Nc3ccccc3I)cc(-c3cccs3)nc21. The zero-order valence-electron chi connectivity index (χ0n) is 14.8. The van der Waals surface area contributed by atoms with Crippen molar-refractivity contribution in [3.8, 4) is 10.6 Å². The summed E-state index contributed by atoms with van der Waals surface area (Å²) in [6, 6.07) is 13.7. The van der Waals surface area contributed by atoms with Crippen LogP contribution in [-0.4, -0.2) is 20.7 Å². The first-order valence-corrected chi connectivity index (χ1v) is 10.5. The van der Waals surface area contributed by atoms with E-state index >= 15 is 0 Å². The van der Waals surface area contributed by atoms with Crippen molar-refractivity contribution in [1.82, 2.24) is 14.8 Å². The zero-order valence-corrected chi connectivity index (χ0v) is 17.8. The van der Waals surface area contributed by atoms with Gasteiger partial charge in [-0.05, 0) is 66.1 Å². The number of anilines is 1. The summed E-state index contributed by atoms with van der Waals surface area (Å²) in [5.74, 6) is -0.160. The fourth-order valence-corrected chi connectivity index (χ4v) is 4.10. The Morgan fingerprint density at radius 2 is 2.04 bits per heavy atom. The van der Waals surface area contributed by atoms with Crippen LogP contribution in [0, 0.1) is 3.57 Å². The second-order valence-electron chi connectivity index (χ2n) is 6.39. The maximum absolute atomic E-state index is 13.1. The first-order chi connectivity index (χ1) is 13.0. The van der Waals surface area contributed by atoms with Crippen LogP contribution >= 0.6 is 33.9 Å². The predicted molar refractivity (Wildman–Crippen MR) is 118 cm³/mol. The van der Waals surface area contributed by atoms with E-state index in [1.54, 1.807) is 17.5 Å². The number of carbonyl (C=O) groups is 1. The number of para-hydroxylation sites is 1. The molecule has 0 radical (unpaired) electrons. The van der Waals surface area contributed by atoms with E-state index in [2.05, 4.69) is 46.9 Å². The number of carbonyl (C=O) groups excluding carboxylic acids is 1. The van der Waals surface area contributed by atoms with Crippen LogP contribution in [0.5, 0.6) is 0 Å². The number of fused-ring (bicyclic) bond motifs is 1. The van der Waals surface area contributed by atoms with E-state index in [-0.39, 0.29) is 11.9 Å². The maximum Gasteiger partial charge on any atom is 0.256 e. The summed E-state index contributed by atoms with van der Waals surface area (Å²) in [5, 5.41) is 10.2. The van der Waals surface area contributed by atoms with Gasteiger partial charge in [0, 0.05) is 9.61 Å². The van der Waals surface area contributed by atoms with E-state index in [9.17, 15) is 4.79 Å². The van der Waals surface area contributed by atoms with Gasteiger partial charge in [-0.2, -0.15) is 5.10 Å². The molecule has 0 fully saturated rings. The molecule has 1 amide bonds. The Bertz CT molecular complexity index is 1120. The highest BCUT2D eigenvalue weighted by Crippen LogP contribution is 2.29. The van der Waals surface area contributed by atoms with E-state index in [0.29, 0.717) is 5.56 Å². The molecule has 3 aromatic heterocycles. The molecule has 5 nitrogen and oxygen atoms in total. The highest BCUT2D eigenvalue weighted by molar-refractivity contribution is 14.1. The molecule has 1 N–H and O–H groups in total. The van der Waals surface area contributed by atoms with Gasteiger partial charge in [-0.15, -0.1) is 11.3 Å². The second-order valence-corrected chi connectivity index (χ2v) is 8.50. The first kappa shape index (κ1) is 18.1. The van der Waals surface area contributed by atoms with Crippen molar-refractivity contribution in [2.24, 2.45) is 0 Å². The second kappa shape index (κ2) is 7.40. The van der Waals surface area contributed by atoms with Gasteiger partial charge in [0.1, 0.15) is 0 Å². The normalized spacial score (nSPS) is 11.3. The van der Waals surface area contributed by atoms with Crippen molar-refractivity contribution in [3.05, 3.63) is 63.2 Å². The minimum absolute atomic E-state index is 0.152. The minimum atomic E-state index is -0.160. The van der Waals surface area contributed by atoms with Crippen molar-refractivity contribution in [3.63, 3.8) is 0 Å². The monoisotopic (exact) mass is 488 g/mol.